The summed E-state index contributed by atoms with van der Waals surface area (Å²) in [7, 11) is 2.10. The molecular formula is C42H34N6OPt. The zero-order valence-electron chi connectivity index (χ0n) is 27.8. The Kier molecular flexibility index (Phi) is 9.28. The van der Waals surface area contributed by atoms with Crippen LogP contribution < -0.4 is 19.4 Å². The van der Waals surface area contributed by atoms with Gasteiger partial charge in [-0.3, -0.25) is 9.97 Å². The molecule has 0 saturated carbocycles. The molecule has 8 heteroatoms. The van der Waals surface area contributed by atoms with E-state index in [9.17, 15) is 0 Å². The minimum absolute atomic E-state index is 0. The summed E-state index contributed by atoms with van der Waals surface area (Å²) in [5.41, 5.74) is 9.42. The molecule has 0 atom stereocenters. The molecule has 0 fully saturated rings. The van der Waals surface area contributed by atoms with Gasteiger partial charge in [0, 0.05) is 64.3 Å². The van der Waals surface area contributed by atoms with Crippen molar-refractivity contribution in [3.05, 3.63) is 171 Å². The average molecular weight is 834 g/mol. The fourth-order valence-corrected chi connectivity index (χ4v) is 6.34. The van der Waals surface area contributed by atoms with Gasteiger partial charge < -0.3 is 24.3 Å². The molecule has 0 amide bonds. The van der Waals surface area contributed by atoms with Gasteiger partial charge in [-0.1, -0.05) is 36.4 Å². The summed E-state index contributed by atoms with van der Waals surface area (Å²) in [6.07, 6.45) is 11.4. The molecule has 2 aromatic heterocycles. The van der Waals surface area contributed by atoms with Crippen LogP contribution in [0, 0.1) is 25.5 Å². The molecule has 4 heterocycles. The van der Waals surface area contributed by atoms with Gasteiger partial charge in [0.05, 0.1) is 0 Å². The number of fused-ring (bicyclic) bond motifs is 1. The van der Waals surface area contributed by atoms with Gasteiger partial charge in [0.2, 0.25) is 0 Å². The van der Waals surface area contributed by atoms with Gasteiger partial charge >= 0.3 is 21.1 Å². The minimum Gasteiger partial charge on any atom is -0.509 e. The standard InChI is InChI=1S/C42H34N6O.Pt/c1-42(2)39-15-4-5-16-40(39)48(29-45(42)3)34-10-7-12-36(28-34)49-35-11-6-9-33(27-35)46-25-26-47(30-46)41-37(31-17-21-43-22-18-31)13-8-14-38(41)32-19-23-44-24-20-32;/h4-26,29-30H,1-3H3;/q-4;+4. The molecule has 0 spiro atoms. The molecule has 0 unspecified atom stereocenters. The van der Waals surface area contributed by atoms with Gasteiger partial charge in [0.15, 0.2) is 0 Å². The molecule has 4 aromatic carbocycles. The molecule has 6 aromatic rings. The Morgan fingerprint density at radius 3 is 1.84 bits per heavy atom. The molecule has 0 saturated heterocycles. The van der Waals surface area contributed by atoms with Gasteiger partial charge in [-0.05, 0) is 80.3 Å². The van der Waals surface area contributed by atoms with Crippen molar-refractivity contribution in [2.24, 2.45) is 0 Å². The molecule has 2 aliphatic heterocycles. The van der Waals surface area contributed by atoms with Gasteiger partial charge in [0.25, 0.3) is 0 Å². The van der Waals surface area contributed by atoms with Crippen molar-refractivity contribution in [2.45, 2.75) is 19.4 Å². The van der Waals surface area contributed by atoms with Crippen molar-refractivity contribution in [1.29, 1.82) is 0 Å². The summed E-state index contributed by atoms with van der Waals surface area (Å²) < 4.78 is 6.38. The van der Waals surface area contributed by atoms with E-state index in [1.807, 2.05) is 90.5 Å². The number of pyridine rings is 2. The third kappa shape index (κ3) is 6.31. The quantitative estimate of drug-likeness (QED) is 0.149. The number of anilines is 4. The van der Waals surface area contributed by atoms with E-state index >= 15 is 0 Å². The van der Waals surface area contributed by atoms with Crippen LogP contribution in [0.5, 0.6) is 11.5 Å². The molecular weight excluding hydrogens is 800 g/mol. The predicted octanol–water partition coefficient (Wildman–Crippen LogP) is 9.56. The number of nitrogens with zero attached hydrogens (tertiary/aromatic N) is 6. The Morgan fingerprint density at radius 2 is 1.18 bits per heavy atom. The van der Waals surface area contributed by atoms with E-state index in [4.69, 9.17) is 4.74 Å². The molecule has 0 bridgehead atoms. The van der Waals surface area contributed by atoms with Gasteiger partial charge in [-0.25, -0.2) is 0 Å². The SMILES string of the molecule is CN1[CH-]N(c2[c-]c(Oc3[c-]c(N4C=CN(c5c(-c6ccncc6)cccc5-c5ccncc5)[CH-]4)ccc3)ccc2)c2ccccc2C1(C)C.[Pt+4]. The fourth-order valence-electron chi connectivity index (χ4n) is 6.34. The van der Waals surface area contributed by atoms with Crippen LogP contribution in [0.25, 0.3) is 22.3 Å². The maximum Gasteiger partial charge on any atom is 4.00 e. The maximum absolute atomic E-state index is 6.38. The Balaban J connectivity index is 0.00000392. The second kappa shape index (κ2) is 13.9. The first-order valence-electron chi connectivity index (χ1n) is 16.2. The van der Waals surface area contributed by atoms with Crippen molar-refractivity contribution >= 4 is 22.7 Å². The summed E-state index contributed by atoms with van der Waals surface area (Å²) >= 11 is 0. The Bertz CT molecular complexity index is 2080. The summed E-state index contributed by atoms with van der Waals surface area (Å²) in [6.45, 7) is 8.66. The van der Waals surface area contributed by atoms with Crippen molar-refractivity contribution < 1.29 is 25.8 Å². The molecule has 0 N–H and O–H groups in total. The summed E-state index contributed by atoms with van der Waals surface area (Å²) in [5, 5.41) is 0. The molecule has 2 aliphatic rings. The zero-order valence-corrected chi connectivity index (χ0v) is 30.1. The Hall–Kier alpha value is -5.23. The van der Waals surface area contributed by atoms with Crippen LogP contribution in [0.15, 0.2) is 140 Å². The monoisotopic (exact) mass is 833 g/mol. The molecule has 0 radical (unpaired) electrons. The van der Waals surface area contributed by atoms with Crippen molar-refractivity contribution in [1.82, 2.24) is 14.9 Å². The largest absolute Gasteiger partial charge is 4.00 e. The van der Waals surface area contributed by atoms with E-state index in [0.717, 1.165) is 45.0 Å². The fraction of sp³-hybridized carbons (Fsp3) is 0.0952. The van der Waals surface area contributed by atoms with Crippen molar-refractivity contribution in [2.75, 3.05) is 21.7 Å². The van der Waals surface area contributed by atoms with E-state index < -0.39 is 0 Å². The summed E-state index contributed by atoms with van der Waals surface area (Å²) in [4.78, 5) is 17.1. The molecule has 0 aliphatic carbocycles. The van der Waals surface area contributed by atoms with Crippen LogP contribution >= 0.6 is 0 Å². The second-order valence-electron chi connectivity index (χ2n) is 12.5. The second-order valence-corrected chi connectivity index (χ2v) is 12.5. The van der Waals surface area contributed by atoms with Crippen LogP contribution in [0.1, 0.15) is 19.4 Å². The number of hydrogen-bond donors (Lipinski definition) is 0. The molecule has 8 rings (SSSR count). The number of rotatable bonds is 7. The smallest absolute Gasteiger partial charge is 0.509 e. The summed E-state index contributed by atoms with van der Waals surface area (Å²) in [6, 6.07) is 41.9. The average Bonchev–Trinajstić information content (AvgIpc) is 3.64. The van der Waals surface area contributed by atoms with E-state index in [1.165, 1.54) is 5.56 Å². The zero-order chi connectivity index (χ0) is 33.4. The van der Waals surface area contributed by atoms with Gasteiger partial charge in [-0.2, -0.15) is 18.8 Å². The minimum atomic E-state index is -0.130. The predicted molar refractivity (Wildman–Crippen MR) is 196 cm³/mol. The first kappa shape index (κ1) is 33.3. The number of aromatic nitrogens is 2. The normalized spacial score (nSPS) is 15.1. The summed E-state index contributed by atoms with van der Waals surface area (Å²) in [5.74, 6) is 1.21. The molecule has 7 nitrogen and oxygen atoms in total. The number of benzene rings is 4. The van der Waals surface area contributed by atoms with Crippen molar-refractivity contribution in [3.63, 3.8) is 0 Å². The molecule has 248 valence electrons. The van der Waals surface area contributed by atoms with E-state index in [1.54, 1.807) is 0 Å². The van der Waals surface area contributed by atoms with Gasteiger partial charge in [0.1, 0.15) is 0 Å². The van der Waals surface area contributed by atoms with Crippen LogP contribution in [-0.2, 0) is 26.6 Å². The topological polar surface area (TPSA) is 48.0 Å². The van der Waals surface area contributed by atoms with Crippen molar-refractivity contribution in [3.8, 4) is 33.8 Å². The third-order valence-corrected chi connectivity index (χ3v) is 9.17. The Labute approximate surface area is 308 Å². The van der Waals surface area contributed by atoms with Crippen LogP contribution in [0.3, 0.4) is 0 Å². The van der Waals surface area contributed by atoms with Crippen LogP contribution in [0.2, 0.25) is 0 Å². The van der Waals surface area contributed by atoms with E-state index in [2.05, 4.69) is 126 Å². The third-order valence-electron chi connectivity index (χ3n) is 9.17. The number of ether oxygens (including phenoxy) is 1. The first-order chi connectivity index (χ1) is 24.0. The number of hydrogen-bond acceptors (Lipinski definition) is 7. The van der Waals surface area contributed by atoms with Gasteiger partial charge in [-0.15, -0.1) is 54.4 Å². The molecule has 50 heavy (non-hydrogen) atoms. The van der Waals surface area contributed by atoms with Crippen LogP contribution in [0.4, 0.5) is 22.7 Å². The number of para-hydroxylation sites is 2. The van der Waals surface area contributed by atoms with E-state index in [0.29, 0.717) is 11.5 Å². The maximum atomic E-state index is 6.38. The van der Waals surface area contributed by atoms with E-state index in [-0.39, 0.29) is 26.6 Å². The first-order valence-corrected chi connectivity index (χ1v) is 16.2. The Morgan fingerprint density at radius 1 is 0.620 bits per heavy atom. The van der Waals surface area contributed by atoms with Crippen LogP contribution in [-0.4, -0.2) is 21.9 Å².